The molecule has 2 N–H and O–H groups in total. The zero-order valence-electron chi connectivity index (χ0n) is 13.1. The van der Waals surface area contributed by atoms with Crippen LogP contribution in [-0.2, 0) is 0 Å². The fourth-order valence-electron chi connectivity index (χ4n) is 2.72. The third kappa shape index (κ3) is 3.97. The van der Waals surface area contributed by atoms with Crippen molar-refractivity contribution in [3.63, 3.8) is 0 Å². The SMILES string of the molecule is CCCCOc1ccc(C(=O)N2CC(N)(CCC)C2)cc1. The quantitative estimate of drug-likeness (QED) is 0.786. The maximum absolute atomic E-state index is 12.3. The van der Waals surface area contributed by atoms with Crippen LogP contribution in [0.4, 0.5) is 0 Å². The standard InChI is InChI=1S/C17H26N2O2/c1-3-5-11-21-15-8-6-14(7-9-15)16(20)19-12-17(18,13-19)10-4-2/h6-9H,3-5,10-13,18H2,1-2H3. The summed E-state index contributed by atoms with van der Waals surface area (Å²) in [6.07, 6.45) is 4.19. The van der Waals surface area contributed by atoms with Gasteiger partial charge < -0.3 is 15.4 Å². The van der Waals surface area contributed by atoms with Gasteiger partial charge in [0.05, 0.1) is 12.1 Å². The van der Waals surface area contributed by atoms with E-state index in [0.29, 0.717) is 18.7 Å². The molecule has 116 valence electrons. The van der Waals surface area contributed by atoms with Crippen molar-refractivity contribution in [2.45, 2.75) is 45.1 Å². The zero-order chi connectivity index (χ0) is 15.3. The molecule has 0 atom stereocenters. The number of amides is 1. The Balaban J connectivity index is 1.86. The fraction of sp³-hybridized carbons (Fsp3) is 0.588. The number of nitrogens with zero attached hydrogens (tertiary/aromatic N) is 1. The van der Waals surface area contributed by atoms with Crippen LogP contribution in [-0.4, -0.2) is 36.0 Å². The summed E-state index contributed by atoms with van der Waals surface area (Å²) in [7, 11) is 0. The molecular formula is C17H26N2O2. The first-order chi connectivity index (χ1) is 10.1. The van der Waals surface area contributed by atoms with Crippen LogP contribution in [0.15, 0.2) is 24.3 Å². The van der Waals surface area contributed by atoms with Gasteiger partial charge in [0.25, 0.3) is 5.91 Å². The molecule has 1 saturated heterocycles. The van der Waals surface area contributed by atoms with E-state index in [1.54, 1.807) is 0 Å². The summed E-state index contributed by atoms with van der Waals surface area (Å²) in [5, 5.41) is 0. The highest BCUT2D eigenvalue weighted by molar-refractivity contribution is 5.95. The lowest BCUT2D eigenvalue weighted by Gasteiger charge is -2.47. The molecule has 0 unspecified atom stereocenters. The van der Waals surface area contributed by atoms with E-state index in [1.165, 1.54) is 0 Å². The lowest BCUT2D eigenvalue weighted by atomic mass is 9.86. The second-order valence-electron chi connectivity index (χ2n) is 6.00. The van der Waals surface area contributed by atoms with Gasteiger partial charge in [-0.05, 0) is 37.1 Å². The molecule has 1 aromatic carbocycles. The van der Waals surface area contributed by atoms with Crippen molar-refractivity contribution in [2.75, 3.05) is 19.7 Å². The number of nitrogens with two attached hydrogens (primary N) is 1. The average molecular weight is 290 g/mol. The first-order valence-electron chi connectivity index (χ1n) is 7.89. The maximum Gasteiger partial charge on any atom is 0.253 e. The molecule has 4 nitrogen and oxygen atoms in total. The van der Waals surface area contributed by atoms with Crippen LogP contribution in [0, 0.1) is 0 Å². The van der Waals surface area contributed by atoms with Crippen LogP contribution in [0.2, 0.25) is 0 Å². The number of hydrogen-bond donors (Lipinski definition) is 1. The van der Waals surface area contributed by atoms with Crippen LogP contribution in [0.5, 0.6) is 5.75 Å². The predicted octanol–water partition coefficient (Wildman–Crippen LogP) is 2.82. The molecule has 0 aliphatic carbocycles. The van der Waals surface area contributed by atoms with E-state index in [0.717, 1.165) is 38.0 Å². The van der Waals surface area contributed by atoms with Crippen molar-refractivity contribution in [1.29, 1.82) is 0 Å². The topological polar surface area (TPSA) is 55.6 Å². The molecule has 1 fully saturated rings. The van der Waals surface area contributed by atoms with E-state index in [9.17, 15) is 4.79 Å². The lowest BCUT2D eigenvalue weighted by molar-refractivity contribution is 0.0386. The molecule has 0 saturated carbocycles. The Labute approximate surface area is 127 Å². The van der Waals surface area contributed by atoms with Gasteiger partial charge in [-0.3, -0.25) is 4.79 Å². The third-order valence-electron chi connectivity index (χ3n) is 3.91. The number of ether oxygens (including phenoxy) is 1. The van der Waals surface area contributed by atoms with Crippen molar-refractivity contribution in [3.05, 3.63) is 29.8 Å². The van der Waals surface area contributed by atoms with Crippen LogP contribution in [0.25, 0.3) is 0 Å². The van der Waals surface area contributed by atoms with Gasteiger partial charge in [-0.25, -0.2) is 0 Å². The third-order valence-corrected chi connectivity index (χ3v) is 3.91. The largest absolute Gasteiger partial charge is 0.494 e. The summed E-state index contributed by atoms with van der Waals surface area (Å²) in [6, 6.07) is 7.40. The molecule has 0 radical (unpaired) electrons. The minimum atomic E-state index is -0.173. The van der Waals surface area contributed by atoms with Crippen LogP contribution in [0.3, 0.4) is 0 Å². The molecule has 21 heavy (non-hydrogen) atoms. The van der Waals surface area contributed by atoms with E-state index in [2.05, 4.69) is 13.8 Å². The first kappa shape index (κ1) is 15.8. The van der Waals surface area contributed by atoms with Crippen molar-refractivity contribution in [1.82, 2.24) is 4.90 Å². The van der Waals surface area contributed by atoms with Gasteiger partial charge in [-0.2, -0.15) is 0 Å². The number of carbonyl (C=O) groups is 1. The first-order valence-corrected chi connectivity index (χ1v) is 7.89. The van der Waals surface area contributed by atoms with E-state index in [1.807, 2.05) is 29.2 Å². The van der Waals surface area contributed by atoms with E-state index >= 15 is 0 Å². The number of carbonyl (C=O) groups excluding carboxylic acids is 1. The van der Waals surface area contributed by atoms with Gasteiger partial charge >= 0.3 is 0 Å². The van der Waals surface area contributed by atoms with Crippen molar-refractivity contribution >= 4 is 5.91 Å². The molecule has 0 aromatic heterocycles. The molecule has 0 spiro atoms. The second kappa shape index (κ2) is 6.94. The van der Waals surface area contributed by atoms with Crippen LogP contribution in [0.1, 0.15) is 49.9 Å². The molecule has 1 heterocycles. The highest BCUT2D eigenvalue weighted by Crippen LogP contribution is 2.25. The Kier molecular flexibility index (Phi) is 5.23. The summed E-state index contributed by atoms with van der Waals surface area (Å²) in [5.41, 5.74) is 6.73. The Morgan fingerprint density at radius 3 is 2.48 bits per heavy atom. The highest BCUT2D eigenvalue weighted by Gasteiger charge is 2.41. The smallest absolute Gasteiger partial charge is 0.253 e. The Hall–Kier alpha value is -1.55. The molecule has 1 amide bonds. The van der Waals surface area contributed by atoms with Crippen molar-refractivity contribution in [3.8, 4) is 5.75 Å². The molecular weight excluding hydrogens is 264 g/mol. The predicted molar refractivity (Wildman–Crippen MR) is 84.6 cm³/mol. The van der Waals surface area contributed by atoms with Gasteiger partial charge in [0.2, 0.25) is 0 Å². The second-order valence-corrected chi connectivity index (χ2v) is 6.00. The monoisotopic (exact) mass is 290 g/mol. The fourth-order valence-corrected chi connectivity index (χ4v) is 2.72. The molecule has 1 aromatic rings. The van der Waals surface area contributed by atoms with Gasteiger partial charge in [-0.15, -0.1) is 0 Å². The van der Waals surface area contributed by atoms with Gasteiger partial charge in [-0.1, -0.05) is 26.7 Å². The van der Waals surface area contributed by atoms with Crippen LogP contribution < -0.4 is 10.5 Å². The minimum Gasteiger partial charge on any atom is -0.494 e. The van der Waals surface area contributed by atoms with Gasteiger partial charge in [0, 0.05) is 18.7 Å². The molecule has 4 heteroatoms. The molecule has 1 aliphatic heterocycles. The molecule has 1 aliphatic rings. The minimum absolute atomic E-state index is 0.0623. The molecule has 0 bridgehead atoms. The Bertz CT molecular complexity index is 464. The van der Waals surface area contributed by atoms with E-state index < -0.39 is 0 Å². The van der Waals surface area contributed by atoms with E-state index in [-0.39, 0.29) is 11.4 Å². The number of likely N-dealkylation sites (tertiary alicyclic amines) is 1. The number of benzene rings is 1. The summed E-state index contributed by atoms with van der Waals surface area (Å²) in [5.74, 6) is 0.884. The molecule has 2 rings (SSSR count). The Morgan fingerprint density at radius 1 is 1.24 bits per heavy atom. The van der Waals surface area contributed by atoms with E-state index in [4.69, 9.17) is 10.5 Å². The normalized spacial score (nSPS) is 16.4. The van der Waals surface area contributed by atoms with Crippen molar-refractivity contribution in [2.24, 2.45) is 5.73 Å². The zero-order valence-corrected chi connectivity index (χ0v) is 13.1. The van der Waals surface area contributed by atoms with Gasteiger partial charge in [0.1, 0.15) is 5.75 Å². The number of rotatable bonds is 7. The maximum atomic E-state index is 12.3. The number of hydrogen-bond acceptors (Lipinski definition) is 3. The van der Waals surface area contributed by atoms with Crippen LogP contribution >= 0.6 is 0 Å². The van der Waals surface area contributed by atoms with Crippen molar-refractivity contribution < 1.29 is 9.53 Å². The Morgan fingerprint density at radius 2 is 1.90 bits per heavy atom. The summed E-state index contributed by atoms with van der Waals surface area (Å²) in [6.45, 7) is 6.30. The lowest BCUT2D eigenvalue weighted by Crippen LogP contribution is -2.68. The summed E-state index contributed by atoms with van der Waals surface area (Å²) in [4.78, 5) is 14.1. The average Bonchev–Trinajstić information content (AvgIpc) is 2.45. The summed E-state index contributed by atoms with van der Waals surface area (Å²) >= 11 is 0. The highest BCUT2D eigenvalue weighted by atomic mass is 16.5. The van der Waals surface area contributed by atoms with Gasteiger partial charge in [0.15, 0.2) is 0 Å². The summed E-state index contributed by atoms with van der Waals surface area (Å²) < 4.78 is 5.60. The number of unbranched alkanes of at least 4 members (excludes halogenated alkanes) is 1.